The van der Waals surface area contributed by atoms with Crippen LogP contribution in [0.3, 0.4) is 0 Å². The van der Waals surface area contributed by atoms with Crippen molar-refractivity contribution in [2.75, 3.05) is 0 Å². The van der Waals surface area contributed by atoms with E-state index < -0.39 is 0 Å². The Morgan fingerprint density at radius 1 is 0.260 bits per heavy atom. The van der Waals surface area contributed by atoms with Crippen molar-refractivity contribution in [1.82, 2.24) is 19.9 Å². The summed E-state index contributed by atoms with van der Waals surface area (Å²) in [4.78, 5) is 17.2. The van der Waals surface area contributed by atoms with Crippen LogP contribution in [-0.4, -0.2) is 40.4 Å². The van der Waals surface area contributed by atoms with E-state index >= 15 is 0 Å². The van der Waals surface area contributed by atoms with Crippen molar-refractivity contribution in [3.8, 4) is 23.0 Å². The molecule has 3 aromatic carbocycles. The van der Waals surface area contributed by atoms with Gasteiger partial charge in [-0.25, -0.2) is 0 Å². The van der Waals surface area contributed by atoms with Crippen molar-refractivity contribution >= 4 is 0 Å². The van der Waals surface area contributed by atoms with E-state index in [4.69, 9.17) is 20.4 Å². The average molecular weight is 683 g/mol. The molecule has 0 saturated carbocycles. The fourth-order valence-electron chi connectivity index (χ4n) is 4.83. The van der Waals surface area contributed by atoms with E-state index in [0.717, 1.165) is 56.7 Å². The summed E-state index contributed by atoms with van der Waals surface area (Å²) in [6.45, 7) is 32.7. The lowest BCUT2D eigenvalue weighted by Crippen LogP contribution is -1.98. The van der Waals surface area contributed by atoms with E-state index in [2.05, 4.69) is 61.5 Å². The minimum Gasteiger partial charge on any atom is -0.508 e. The number of phenolic OH excluding ortho intramolecular Hbond substituents is 4. The zero-order valence-corrected chi connectivity index (χ0v) is 33.0. The minimum absolute atomic E-state index is 0.104. The number of nitrogens with zero attached hydrogens (tertiary/aromatic N) is 4. The minimum atomic E-state index is 0.104. The molecule has 8 nitrogen and oxygen atoms in total. The number of hydrogen-bond acceptors (Lipinski definition) is 8. The van der Waals surface area contributed by atoms with Gasteiger partial charge in [-0.15, -0.1) is 0 Å². The zero-order chi connectivity index (χ0) is 38.6. The fraction of sp³-hybridized carbons (Fsp3) is 0.381. The van der Waals surface area contributed by atoms with Crippen molar-refractivity contribution < 1.29 is 20.4 Å². The topological polar surface area (TPSA) is 132 Å². The van der Waals surface area contributed by atoms with Crippen LogP contribution in [0, 0.1) is 111 Å². The van der Waals surface area contributed by atoms with Gasteiger partial charge < -0.3 is 20.4 Å². The molecule has 0 aliphatic carbocycles. The number of hydrogen-bond donors (Lipinski definition) is 4. The van der Waals surface area contributed by atoms with E-state index in [9.17, 15) is 0 Å². The SMILES string of the molecule is Cc1c(C)c(C)c(C)c(C)c1C.Cc1cc(O)cc(O)c1.Cc1cc(O)cc(O)c1.Cc1nc(C)c(C)nc1C.Cc1nc(C)c(C)nc1C. The van der Waals surface area contributed by atoms with E-state index in [1.807, 2.05) is 55.4 Å². The highest BCUT2D eigenvalue weighted by molar-refractivity contribution is 5.48. The molecule has 5 aromatic rings. The summed E-state index contributed by atoms with van der Waals surface area (Å²) in [5.74, 6) is 0.417. The molecular weight excluding hydrogens is 624 g/mol. The molecule has 0 amide bonds. The number of phenols is 4. The van der Waals surface area contributed by atoms with Crippen LogP contribution < -0.4 is 0 Å². The second kappa shape index (κ2) is 19.3. The third-order valence-corrected chi connectivity index (χ3v) is 8.90. The van der Waals surface area contributed by atoms with Crippen LogP contribution in [0.1, 0.15) is 90.1 Å². The molecule has 8 heteroatoms. The monoisotopic (exact) mass is 682 g/mol. The molecule has 0 aliphatic heterocycles. The van der Waals surface area contributed by atoms with Crippen LogP contribution in [0.5, 0.6) is 23.0 Å². The molecule has 4 N–H and O–H groups in total. The quantitative estimate of drug-likeness (QED) is 0.127. The molecule has 2 heterocycles. The third kappa shape index (κ3) is 13.5. The maximum absolute atomic E-state index is 8.83. The Hall–Kier alpha value is -4.98. The normalized spacial score (nSPS) is 9.92. The standard InChI is InChI=1S/C12H18.2C8H12N2.2C7H8O2/c1-7-8(2)10(4)12(6)11(5)9(7)3;2*1-5-6(2)10-8(4)7(3)9-5;2*1-5-2-6(8)4-7(9)3-5/h1-6H3;2*1-4H3;2*2-4,8-9H,1H3. The highest BCUT2D eigenvalue weighted by Gasteiger charge is 2.08. The van der Waals surface area contributed by atoms with Crippen molar-refractivity contribution in [3.63, 3.8) is 0 Å². The van der Waals surface area contributed by atoms with Gasteiger partial charge in [-0.05, 0) is 180 Å². The predicted octanol–water partition coefficient (Wildman–Crippen LogP) is 9.77. The molecular formula is C42H58N4O4. The maximum Gasteiger partial charge on any atom is 0.119 e. The largest absolute Gasteiger partial charge is 0.508 e. The second-order valence-electron chi connectivity index (χ2n) is 12.9. The highest BCUT2D eigenvalue weighted by atomic mass is 16.3. The van der Waals surface area contributed by atoms with Crippen LogP contribution in [0.25, 0.3) is 0 Å². The van der Waals surface area contributed by atoms with Gasteiger partial charge in [0.2, 0.25) is 0 Å². The lowest BCUT2D eigenvalue weighted by molar-refractivity contribution is 0.448. The molecule has 2 aromatic heterocycles. The number of aromatic nitrogens is 4. The van der Waals surface area contributed by atoms with Gasteiger partial charge in [0.15, 0.2) is 0 Å². The van der Waals surface area contributed by atoms with Crippen LogP contribution in [-0.2, 0) is 0 Å². The number of benzene rings is 3. The molecule has 0 aliphatic rings. The van der Waals surface area contributed by atoms with Crippen molar-refractivity contribution in [3.05, 3.63) is 126 Å². The molecule has 0 atom stereocenters. The first-order chi connectivity index (χ1) is 23.0. The van der Waals surface area contributed by atoms with Gasteiger partial charge in [-0.3, -0.25) is 19.9 Å². The summed E-state index contributed by atoms with van der Waals surface area (Å²) in [5, 5.41) is 35.3. The van der Waals surface area contributed by atoms with Gasteiger partial charge >= 0.3 is 0 Å². The second-order valence-corrected chi connectivity index (χ2v) is 12.9. The first-order valence-electron chi connectivity index (χ1n) is 16.6. The van der Waals surface area contributed by atoms with Gasteiger partial charge in [0.05, 0.1) is 45.6 Å². The molecule has 0 radical (unpaired) electrons. The smallest absolute Gasteiger partial charge is 0.119 e. The number of rotatable bonds is 0. The summed E-state index contributed by atoms with van der Waals surface area (Å²) >= 11 is 0. The van der Waals surface area contributed by atoms with Crippen LogP contribution in [0.4, 0.5) is 0 Å². The molecule has 0 spiro atoms. The summed E-state index contributed by atoms with van der Waals surface area (Å²) in [6.07, 6.45) is 0. The molecule has 5 rings (SSSR count). The molecule has 0 unspecified atom stereocenters. The molecule has 270 valence electrons. The van der Waals surface area contributed by atoms with Gasteiger partial charge in [0.25, 0.3) is 0 Å². The van der Waals surface area contributed by atoms with Crippen molar-refractivity contribution in [2.45, 2.75) is 111 Å². The zero-order valence-electron chi connectivity index (χ0n) is 33.0. The summed E-state index contributed by atoms with van der Waals surface area (Å²) in [6, 6.07) is 8.93. The van der Waals surface area contributed by atoms with E-state index in [1.54, 1.807) is 38.1 Å². The van der Waals surface area contributed by atoms with Crippen molar-refractivity contribution in [2.24, 2.45) is 0 Å². The third-order valence-electron chi connectivity index (χ3n) is 8.90. The van der Waals surface area contributed by atoms with E-state index in [0.29, 0.717) is 0 Å². The van der Waals surface area contributed by atoms with Crippen molar-refractivity contribution in [1.29, 1.82) is 0 Å². The Morgan fingerprint density at radius 2 is 0.400 bits per heavy atom. The molecule has 50 heavy (non-hydrogen) atoms. The highest BCUT2D eigenvalue weighted by Crippen LogP contribution is 2.25. The predicted molar refractivity (Wildman–Crippen MR) is 206 cm³/mol. The fourth-order valence-corrected chi connectivity index (χ4v) is 4.83. The average Bonchev–Trinajstić information content (AvgIpc) is 3.00. The van der Waals surface area contributed by atoms with Gasteiger partial charge in [0.1, 0.15) is 23.0 Å². The summed E-state index contributed by atoms with van der Waals surface area (Å²) in [5.41, 5.74) is 18.7. The Labute approximate surface area is 300 Å². The lowest BCUT2D eigenvalue weighted by atomic mass is 9.90. The maximum atomic E-state index is 8.83. The number of aromatic hydroxyl groups is 4. The van der Waals surface area contributed by atoms with Gasteiger partial charge in [0, 0.05) is 12.1 Å². The van der Waals surface area contributed by atoms with Gasteiger partial charge in [-0.1, -0.05) is 0 Å². The Kier molecular flexibility index (Phi) is 16.6. The lowest BCUT2D eigenvalue weighted by Gasteiger charge is -2.15. The van der Waals surface area contributed by atoms with E-state index in [-0.39, 0.29) is 23.0 Å². The van der Waals surface area contributed by atoms with E-state index in [1.165, 1.54) is 45.5 Å². The first kappa shape index (κ1) is 43.0. The molecule has 0 bridgehead atoms. The Morgan fingerprint density at radius 3 is 0.520 bits per heavy atom. The molecule has 0 fully saturated rings. The van der Waals surface area contributed by atoms with Crippen LogP contribution in [0.15, 0.2) is 36.4 Å². The summed E-state index contributed by atoms with van der Waals surface area (Å²) < 4.78 is 0. The molecule has 0 saturated heterocycles. The Bertz CT molecular complexity index is 1500. The first-order valence-corrected chi connectivity index (χ1v) is 16.6. The number of aryl methyl sites for hydroxylation is 10. The van der Waals surface area contributed by atoms with Crippen LogP contribution >= 0.6 is 0 Å². The Balaban J connectivity index is 0.000000314. The summed E-state index contributed by atoms with van der Waals surface area (Å²) in [7, 11) is 0. The van der Waals surface area contributed by atoms with Gasteiger partial charge in [-0.2, -0.15) is 0 Å². The van der Waals surface area contributed by atoms with Crippen LogP contribution in [0.2, 0.25) is 0 Å².